The average molecular weight is 1110 g/mol. The van der Waals surface area contributed by atoms with Crippen molar-refractivity contribution < 1.29 is 48.8 Å². The number of nitrogens with zero attached hydrogens (tertiary/aromatic N) is 4. The minimum absolute atomic E-state index is 0.0630. The maximum absolute atomic E-state index is 12.3. The molecule has 1 aliphatic carbocycles. The van der Waals surface area contributed by atoms with E-state index in [0.717, 1.165) is 34.2 Å². The first-order chi connectivity index (χ1) is 39.8. The van der Waals surface area contributed by atoms with Gasteiger partial charge in [0, 0.05) is 58.0 Å². The van der Waals surface area contributed by atoms with Gasteiger partial charge in [-0.1, -0.05) is 152 Å². The molecule has 0 spiro atoms. The topological polar surface area (TPSA) is 254 Å². The van der Waals surface area contributed by atoms with Crippen LogP contribution in [0.2, 0.25) is 0 Å². The summed E-state index contributed by atoms with van der Waals surface area (Å²) in [5.74, 6) is 0.203. The third-order valence-electron chi connectivity index (χ3n) is 15.5. The summed E-state index contributed by atoms with van der Waals surface area (Å²) >= 11 is 0. The van der Waals surface area contributed by atoms with E-state index in [0.29, 0.717) is 83.0 Å². The van der Waals surface area contributed by atoms with E-state index < -0.39 is 85.6 Å². The van der Waals surface area contributed by atoms with E-state index in [1.807, 2.05) is 115 Å². The molecular weight excluding hydrogens is 1030 g/mol. The number of aliphatic hydroxyl groups is 4. The number of imidazole rings is 1. The van der Waals surface area contributed by atoms with Gasteiger partial charge in [-0.05, 0) is 53.5 Å². The maximum Gasteiger partial charge on any atom is 0.176 e. The number of rotatable bonds is 28. The van der Waals surface area contributed by atoms with E-state index in [-0.39, 0.29) is 12.4 Å². The summed E-state index contributed by atoms with van der Waals surface area (Å²) in [4.78, 5) is 12.5. The zero-order chi connectivity index (χ0) is 55.8. The number of ether oxygens (including phenoxy) is 6. The second-order valence-electron chi connectivity index (χ2n) is 21.2. The molecule has 19 nitrogen and oxygen atoms in total. The first kappa shape index (κ1) is 58.1. The van der Waals surface area contributed by atoms with Crippen molar-refractivity contribution in [1.82, 2.24) is 40.8 Å². The van der Waals surface area contributed by atoms with Crippen molar-refractivity contribution in [3.63, 3.8) is 0 Å². The van der Waals surface area contributed by atoms with Crippen LogP contribution in [0.4, 0.5) is 5.82 Å². The summed E-state index contributed by atoms with van der Waals surface area (Å²) < 4.78 is 42.2. The lowest BCUT2D eigenvalue weighted by molar-refractivity contribution is -0.306. The molecule has 0 amide bonds. The van der Waals surface area contributed by atoms with Crippen LogP contribution in [0.3, 0.4) is 0 Å². The molecule has 1 saturated carbocycles. The molecular formula is C62H77N9O10. The van der Waals surface area contributed by atoms with E-state index in [1.54, 1.807) is 4.57 Å². The molecule has 3 fully saturated rings. The van der Waals surface area contributed by atoms with Crippen LogP contribution < -0.4 is 27.0 Å². The quantitative estimate of drug-likeness (QED) is 0.0302. The summed E-state index contributed by atoms with van der Waals surface area (Å²) in [5, 5.41) is 61.0. The van der Waals surface area contributed by atoms with Gasteiger partial charge in [0.05, 0.1) is 31.7 Å². The highest BCUT2D eigenvalue weighted by Gasteiger charge is 2.52. The van der Waals surface area contributed by atoms with Crippen LogP contribution in [0.1, 0.15) is 59.7 Å². The van der Waals surface area contributed by atoms with Crippen molar-refractivity contribution in [1.29, 1.82) is 0 Å². The summed E-state index contributed by atoms with van der Waals surface area (Å²) in [5.41, 5.74) is 12.0. The smallest absolute Gasteiger partial charge is 0.176 e. The SMILES string of the molecule is Nc1ncnc2c1ncn2[C@@H]1O[C@H](COCCCCCO[C@@H]2[C@@H](NCc3ccccc3)[C@@H](O[C@@H]3[C@@H](O)[C@H](O)[C@@H](NCc4ccccc4)C[C@H]3NCc3ccccc3)O[C@H](CNCc3ccccc3)[C@H]2OCc2ccccc2)[C@@H](O)[C@H]1O. The van der Waals surface area contributed by atoms with Crippen LogP contribution >= 0.6 is 0 Å². The standard InChI is InChI=1S/C62H77N9O10/c63-59-51-60(69-39-68-59)71(40-70-51)61-55(75)53(73)49(79-61)38-76-29-17-6-18-30-77-58-50(67-35-44-25-13-4-14-26-44)62(80-48(36-64-32-41-19-7-1-8-20-41)57(58)78-37-45-27-15-5-16-28-45)81-56-47(66-34-43-23-11-3-12-24-43)31-46(52(72)54(56)74)65-33-42-21-9-2-10-22-42/h1-5,7-16,19-28,39-40,46-50,52-58,61-62,64-67,72-75H,6,17-18,29-38H2,(H2,63,68,69)/t46-,47+,48+,49+,50+,52+,53+,54-,55+,56-,57+,58+,61+,62+/m0/s1. The Morgan fingerprint density at radius 1 is 0.543 bits per heavy atom. The second kappa shape index (κ2) is 29.2. The first-order valence-corrected chi connectivity index (χ1v) is 28.3. The fourth-order valence-electron chi connectivity index (χ4n) is 11.0. The minimum Gasteiger partial charge on any atom is -0.389 e. The fourth-order valence-corrected chi connectivity index (χ4v) is 11.0. The number of nitrogens with one attached hydrogen (secondary N) is 4. The van der Waals surface area contributed by atoms with Crippen molar-refractivity contribution in [3.05, 3.63) is 192 Å². The molecule has 10 N–H and O–H groups in total. The Morgan fingerprint density at radius 3 is 1.77 bits per heavy atom. The fraction of sp³-hybridized carbons (Fsp3) is 0.435. The number of nitrogen functional groups attached to an aromatic ring is 1. The number of hydrogen-bond acceptors (Lipinski definition) is 18. The van der Waals surface area contributed by atoms with Crippen molar-refractivity contribution in [2.75, 3.05) is 32.1 Å². The van der Waals surface area contributed by atoms with Gasteiger partial charge in [-0.2, -0.15) is 0 Å². The normalized spacial score (nSPS) is 27.7. The van der Waals surface area contributed by atoms with Gasteiger partial charge in [-0.25, -0.2) is 15.0 Å². The van der Waals surface area contributed by atoms with Crippen LogP contribution in [-0.4, -0.2) is 146 Å². The summed E-state index contributed by atoms with van der Waals surface area (Å²) in [6.07, 6.45) is -5.01. The van der Waals surface area contributed by atoms with Crippen molar-refractivity contribution in [3.8, 4) is 0 Å². The zero-order valence-electron chi connectivity index (χ0n) is 45.5. The number of nitrogens with two attached hydrogens (primary N) is 1. The number of hydrogen-bond donors (Lipinski definition) is 9. The Labute approximate surface area is 473 Å². The van der Waals surface area contributed by atoms with Gasteiger partial charge in [0.25, 0.3) is 0 Å². The molecule has 14 atom stereocenters. The monoisotopic (exact) mass is 1110 g/mol. The van der Waals surface area contributed by atoms with E-state index in [4.69, 9.17) is 34.2 Å². The highest BCUT2D eigenvalue weighted by Crippen LogP contribution is 2.35. The van der Waals surface area contributed by atoms with Gasteiger partial charge < -0.3 is 75.8 Å². The van der Waals surface area contributed by atoms with Crippen molar-refractivity contribution in [2.24, 2.45) is 0 Å². The molecule has 0 radical (unpaired) electrons. The van der Waals surface area contributed by atoms with Crippen LogP contribution in [0.15, 0.2) is 164 Å². The number of benzene rings is 5. The second-order valence-corrected chi connectivity index (χ2v) is 21.2. The molecule has 0 unspecified atom stereocenters. The van der Waals surface area contributed by atoms with Gasteiger partial charge in [-0.3, -0.25) is 4.57 Å². The third-order valence-corrected chi connectivity index (χ3v) is 15.5. The third kappa shape index (κ3) is 15.3. The van der Waals surface area contributed by atoms with Gasteiger partial charge >= 0.3 is 0 Å². The van der Waals surface area contributed by atoms with E-state index >= 15 is 0 Å². The maximum atomic E-state index is 12.3. The predicted molar refractivity (Wildman–Crippen MR) is 305 cm³/mol. The molecule has 2 saturated heterocycles. The Hall–Kier alpha value is -6.11. The molecule has 5 aromatic carbocycles. The summed E-state index contributed by atoms with van der Waals surface area (Å²) in [6, 6.07) is 49.0. The highest BCUT2D eigenvalue weighted by molar-refractivity contribution is 5.81. The number of aliphatic hydroxyl groups excluding tert-OH is 4. The molecule has 3 aliphatic rings. The molecule has 2 aliphatic heterocycles. The first-order valence-electron chi connectivity index (χ1n) is 28.3. The number of anilines is 1. The summed E-state index contributed by atoms with van der Waals surface area (Å²) in [7, 11) is 0. The van der Waals surface area contributed by atoms with Crippen LogP contribution in [0.5, 0.6) is 0 Å². The molecule has 430 valence electrons. The number of unbranched alkanes of at least 4 members (excludes halogenated alkanes) is 2. The van der Waals surface area contributed by atoms with Gasteiger partial charge in [0.2, 0.25) is 0 Å². The lowest BCUT2D eigenvalue weighted by Crippen LogP contribution is -2.69. The molecule has 4 heterocycles. The number of fused-ring (bicyclic) bond motifs is 1. The largest absolute Gasteiger partial charge is 0.389 e. The highest BCUT2D eigenvalue weighted by atomic mass is 16.7. The predicted octanol–water partition coefficient (Wildman–Crippen LogP) is 4.69. The van der Waals surface area contributed by atoms with Crippen LogP contribution in [-0.2, 0) is 61.2 Å². The Kier molecular flexibility index (Phi) is 21.0. The van der Waals surface area contributed by atoms with Crippen LogP contribution in [0, 0.1) is 0 Å². The van der Waals surface area contributed by atoms with Crippen molar-refractivity contribution in [2.45, 2.75) is 144 Å². The van der Waals surface area contributed by atoms with Gasteiger partial charge in [-0.15, -0.1) is 0 Å². The Bertz CT molecular complexity index is 2920. The van der Waals surface area contributed by atoms with E-state index in [9.17, 15) is 20.4 Å². The van der Waals surface area contributed by atoms with Gasteiger partial charge in [0.1, 0.15) is 60.7 Å². The number of aromatic nitrogens is 4. The van der Waals surface area contributed by atoms with E-state index in [2.05, 4.69) is 72.6 Å². The Balaban J connectivity index is 0.868. The average Bonchev–Trinajstić information content (AvgIpc) is 4.14. The molecule has 2 aromatic heterocycles. The van der Waals surface area contributed by atoms with Crippen molar-refractivity contribution >= 4 is 17.0 Å². The van der Waals surface area contributed by atoms with E-state index in [1.165, 1.54) is 12.7 Å². The summed E-state index contributed by atoms with van der Waals surface area (Å²) in [6.45, 7) is 3.55. The Morgan fingerprint density at radius 2 is 1.12 bits per heavy atom. The molecule has 7 aromatic rings. The molecule has 10 rings (SSSR count). The minimum atomic E-state index is -1.30. The molecule has 19 heteroatoms. The van der Waals surface area contributed by atoms with Crippen LogP contribution in [0.25, 0.3) is 11.2 Å². The lowest BCUT2D eigenvalue weighted by Gasteiger charge is -2.50. The molecule has 81 heavy (non-hydrogen) atoms. The lowest BCUT2D eigenvalue weighted by atomic mass is 9.83. The van der Waals surface area contributed by atoms with Gasteiger partial charge in [0.15, 0.2) is 24.0 Å². The zero-order valence-corrected chi connectivity index (χ0v) is 45.5. The molecule has 0 bridgehead atoms.